The number of carbonyl (C=O) groups is 1. The Hall–Kier alpha value is -1.70. The first kappa shape index (κ1) is 25.9. The fraction of sp³-hybridized carbons (Fsp3) is 0.483. The Kier molecular flexibility index (Phi) is 7.62. The second-order valence-electron chi connectivity index (χ2n) is 10.9. The van der Waals surface area contributed by atoms with Crippen molar-refractivity contribution >= 4 is 40.2 Å². The van der Waals surface area contributed by atoms with Gasteiger partial charge in [-0.1, -0.05) is 35.9 Å². The average molecular weight is 544 g/mol. The van der Waals surface area contributed by atoms with Gasteiger partial charge in [-0.2, -0.15) is 0 Å². The lowest BCUT2D eigenvalue weighted by atomic mass is 9.92. The highest BCUT2D eigenvalue weighted by Crippen LogP contribution is 2.50. The van der Waals surface area contributed by atoms with Crippen molar-refractivity contribution in [2.75, 3.05) is 20.6 Å². The maximum Gasteiger partial charge on any atom is 0.306 e. The van der Waals surface area contributed by atoms with Gasteiger partial charge in [-0.25, -0.2) is 0 Å². The molecule has 0 aliphatic heterocycles. The van der Waals surface area contributed by atoms with E-state index in [2.05, 4.69) is 26.2 Å². The fourth-order valence-corrected chi connectivity index (χ4v) is 8.20. The third-order valence-electron chi connectivity index (χ3n) is 8.32. The van der Waals surface area contributed by atoms with E-state index >= 15 is 0 Å². The fourth-order valence-electron chi connectivity index (χ4n) is 6.37. The summed E-state index contributed by atoms with van der Waals surface area (Å²) in [6.45, 7) is 1.10. The van der Waals surface area contributed by atoms with E-state index in [1.165, 1.54) is 28.2 Å². The van der Waals surface area contributed by atoms with Crippen LogP contribution >= 0.6 is 34.3 Å². The van der Waals surface area contributed by atoms with Gasteiger partial charge in [-0.05, 0) is 72.7 Å². The Morgan fingerprint density at radius 3 is 2.33 bits per heavy atom. The predicted octanol–water partition coefficient (Wildman–Crippen LogP) is 5.88. The monoisotopic (exact) mass is 543 g/mol. The minimum atomic E-state index is -1.98. The van der Waals surface area contributed by atoms with Gasteiger partial charge in [0.1, 0.15) is 6.10 Å². The molecule has 4 nitrogen and oxygen atoms in total. The van der Waals surface area contributed by atoms with Crippen LogP contribution in [0.15, 0.2) is 59.3 Å². The summed E-state index contributed by atoms with van der Waals surface area (Å²) in [5, 5.41) is 18.6. The van der Waals surface area contributed by atoms with Crippen molar-refractivity contribution in [2.24, 2.45) is 11.8 Å². The average Bonchev–Trinajstić information content (AvgIpc) is 3.68. The molecule has 192 valence electrons. The summed E-state index contributed by atoms with van der Waals surface area (Å²) in [6.07, 6.45) is 6.42. The summed E-state index contributed by atoms with van der Waals surface area (Å²) >= 11 is 8.67. The zero-order valence-corrected chi connectivity index (χ0v) is 23.3. The number of aryl methyl sites for hydroxylation is 1. The number of carbonyl (C=O) groups excluding carboxylic acids is 1. The number of rotatable bonds is 10. The molecule has 1 aromatic carbocycles. The molecule has 2 bridgehead atoms. The molecule has 0 N–H and O–H groups in total. The Morgan fingerprint density at radius 2 is 1.72 bits per heavy atom. The van der Waals surface area contributed by atoms with Crippen molar-refractivity contribution in [1.82, 2.24) is 0 Å². The Morgan fingerprint density at radius 1 is 1.06 bits per heavy atom. The largest absolute Gasteiger partial charge is 0.833 e. The van der Waals surface area contributed by atoms with Gasteiger partial charge in [0.2, 0.25) is 0 Å². The first-order valence-electron chi connectivity index (χ1n) is 12.9. The van der Waals surface area contributed by atoms with Gasteiger partial charge in [-0.15, -0.1) is 22.7 Å². The molecule has 2 fully saturated rings. The lowest BCUT2D eigenvalue weighted by Crippen LogP contribution is -2.53. The minimum absolute atomic E-state index is 0.151. The highest BCUT2D eigenvalue weighted by atomic mass is 35.5. The van der Waals surface area contributed by atoms with Crippen LogP contribution < -0.4 is 5.11 Å². The molecule has 4 atom stereocenters. The van der Waals surface area contributed by atoms with Crippen LogP contribution in [0.2, 0.25) is 5.02 Å². The number of hydrogen-bond donors (Lipinski definition) is 0. The number of thiophene rings is 2. The van der Waals surface area contributed by atoms with Crippen LogP contribution in [-0.4, -0.2) is 43.2 Å². The molecule has 2 aromatic heterocycles. The molecule has 5 rings (SSSR count). The molecule has 0 amide bonds. The van der Waals surface area contributed by atoms with Crippen molar-refractivity contribution in [3.05, 3.63) is 79.6 Å². The van der Waals surface area contributed by atoms with Crippen molar-refractivity contribution in [2.45, 2.75) is 56.3 Å². The molecule has 2 aliphatic rings. The molecular weight excluding hydrogens is 510 g/mol. The van der Waals surface area contributed by atoms with Crippen molar-refractivity contribution < 1.29 is 19.1 Å². The smallest absolute Gasteiger partial charge is 0.306 e. The SMILES string of the molecule is C[N+](C)(CCCCc1ccc(Cl)cc1)[C@H]1CC2CCC1C2OC(=O)C([O-])(c1cccs1)c1cccs1. The molecule has 3 aromatic rings. The summed E-state index contributed by atoms with van der Waals surface area (Å²) < 4.78 is 7.11. The maximum atomic E-state index is 14.1. The lowest BCUT2D eigenvalue weighted by Gasteiger charge is -2.41. The van der Waals surface area contributed by atoms with Gasteiger partial charge in [0, 0.05) is 33.0 Å². The molecule has 7 heteroatoms. The van der Waals surface area contributed by atoms with Crippen LogP contribution in [0.1, 0.15) is 47.4 Å². The van der Waals surface area contributed by atoms with Crippen molar-refractivity contribution in [1.29, 1.82) is 0 Å². The van der Waals surface area contributed by atoms with Gasteiger partial charge >= 0.3 is 5.97 Å². The van der Waals surface area contributed by atoms with E-state index < -0.39 is 11.6 Å². The first-order valence-corrected chi connectivity index (χ1v) is 15.0. The summed E-state index contributed by atoms with van der Waals surface area (Å²) in [6, 6.07) is 15.8. The summed E-state index contributed by atoms with van der Waals surface area (Å²) in [5.41, 5.74) is -0.652. The molecular formula is C29H34ClNO3S2. The zero-order valence-electron chi connectivity index (χ0n) is 20.9. The number of quaternary nitrogens is 1. The number of nitrogens with zero attached hydrogens (tertiary/aromatic N) is 1. The van der Waals surface area contributed by atoms with Crippen LogP contribution in [0.4, 0.5) is 0 Å². The van der Waals surface area contributed by atoms with Crippen molar-refractivity contribution in [3.8, 4) is 0 Å². The van der Waals surface area contributed by atoms with E-state index in [0.717, 1.165) is 54.6 Å². The van der Waals surface area contributed by atoms with E-state index in [1.807, 2.05) is 35.0 Å². The van der Waals surface area contributed by atoms with Crippen LogP contribution in [0.3, 0.4) is 0 Å². The molecule has 2 heterocycles. The van der Waals surface area contributed by atoms with Crippen LogP contribution in [0, 0.1) is 11.8 Å². The molecule has 36 heavy (non-hydrogen) atoms. The predicted molar refractivity (Wildman–Crippen MR) is 145 cm³/mol. The van der Waals surface area contributed by atoms with Gasteiger partial charge in [-0.3, -0.25) is 4.79 Å². The second-order valence-corrected chi connectivity index (χ2v) is 13.2. The normalized spacial score (nSPS) is 23.8. The third-order valence-corrected chi connectivity index (χ3v) is 10.5. The van der Waals surface area contributed by atoms with Crippen LogP contribution in [0.25, 0.3) is 0 Å². The highest BCUT2D eigenvalue weighted by Gasteiger charge is 2.56. The number of halogens is 1. The molecule has 3 unspecified atom stereocenters. The number of benzene rings is 1. The van der Waals surface area contributed by atoms with Gasteiger partial charge < -0.3 is 14.3 Å². The minimum Gasteiger partial charge on any atom is -0.833 e. The summed E-state index contributed by atoms with van der Waals surface area (Å²) in [4.78, 5) is 14.5. The molecule has 2 aliphatic carbocycles. The summed E-state index contributed by atoms with van der Waals surface area (Å²) in [5.74, 6) is 0.0377. The van der Waals surface area contributed by atoms with Gasteiger partial charge in [0.05, 0.1) is 32.3 Å². The zero-order chi connectivity index (χ0) is 25.3. The first-order chi connectivity index (χ1) is 17.3. The summed E-state index contributed by atoms with van der Waals surface area (Å²) in [7, 11) is 4.64. The number of ether oxygens (including phenoxy) is 1. The lowest BCUT2D eigenvalue weighted by molar-refractivity contribution is -0.918. The third kappa shape index (κ3) is 5.03. The topological polar surface area (TPSA) is 49.4 Å². The second kappa shape index (κ2) is 10.6. The van der Waals surface area contributed by atoms with Gasteiger partial charge in [0.15, 0.2) is 0 Å². The number of unbranched alkanes of at least 4 members (excludes halogenated alkanes) is 1. The van der Waals surface area contributed by atoms with E-state index in [4.69, 9.17) is 16.3 Å². The van der Waals surface area contributed by atoms with E-state index in [9.17, 15) is 9.90 Å². The van der Waals surface area contributed by atoms with E-state index in [1.54, 1.807) is 12.1 Å². The molecule has 0 spiro atoms. The molecule has 0 radical (unpaired) electrons. The number of fused-ring (bicyclic) bond motifs is 2. The quantitative estimate of drug-likeness (QED) is 0.182. The number of esters is 1. The van der Waals surface area contributed by atoms with Crippen LogP contribution in [0.5, 0.6) is 0 Å². The highest BCUT2D eigenvalue weighted by molar-refractivity contribution is 7.12. The Labute approximate surface area is 227 Å². The van der Waals surface area contributed by atoms with Gasteiger partial charge in [0.25, 0.3) is 0 Å². The van der Waals surface area contributed by atoms with E-state index in [-0.39, 0.29) is 6.10 Å². The van der Waals surface area contributed by atoms with Crippen molar-refractivity contribution in [3.63, 3.8) is 0 Å². The Bertz CT molecular complexity index is 1110. The standard InChI is InChI=1S/C29H34ClNO3S2/c1-31(2,16-4-3-7-20-10-13-22(30)14-11-20)24-19-21-12-15-23(24)27(21)34-28(32)29(33,25-8-5-17-35-25)26-9-6-18-36-26/h5-6,8-11,13-14,17-18,21,23-24,27H,3-4,7,12,15-16,19H2,1-2H3/t21?,23?,24-,27?/m0/s1. The van der Waals surface area contributed by atoms with E-state index in [0.29, 0.717) is 27.6 Å². The Balaban J connectivity index is 1.22. The molecule has 2 saturated carbocycles. The molecule has 0 saturated heterocycles. The maximum absolute atomic E-state index is 14.1. The number of hydrogen-bond acceptors (Lipinski definition) is 5. The van der Waals surface area contributed by atoms with Crippen LogP contribution in [-0.2, 0) is 21.6 Å².